The van der Waals surface area contributed by atoms with Crippen LogP contribution in [0.1, 0.15) is 12.0 Å². The summed E-state index contributed by atoms with van der Waals surface area (Å²) >= 11 is 0. The highest BCUT2D eigenvalue weighted by atomic mass is 16.5. The Morgan fingerprint density at radius 2 is 1.53 bits per heavy atom. The number of ether oxygens (including phenoxy) is 5. The second-order valence-corrected chi connectivity index (χ2v) is 6.20. The highest BCUT2D eigenvalue weighted by molar-refractivity contribution is 5.80. The van der Waals surface area contributed by atoms with Crippen molar-refractivity contribution in [3.8, 4) is 23.0 Å². The van der Waals surface area contributed by atoms with Crippen molar-refractivity contribution in [3.63, 3.8) is 0 Å². The minimum atomic E-state index is -0.514. The van der Waals surface area contributed by atoms with E-state index in [-0.39, 0.29) is 25.5 Å². The smallest absolute Gasteiger partial charge is 0.309 e. The lowest BCUT2D eigenvalue weighted by molar-refractivity contribution is -0.149. The van der Waals surface area contributed by atoms with Gasteiger partial charge in [-0.05, 0) is 36.2 Å². The first-order chi connectivity index (χ1) is 14.6. The molecule has 2 aromatic carbocycles. The van der Waals surface area contributed by atoms with Crippen LogP contribution in [0, 0.1) is 0 Å². The Morgan fingerprint density at radius 3 is 2.23 bits per heavy atom. The normalized spacial score (nSPS) is 10.1. The SMILES string of the molecule is COc1ccc(CCNC(=O)COC(=O)CCOc2ccccc2OC)cc1OC. The maximum absolute atomic E-state index is 11.9. The van der Waals surface area contributed by atoms with Crippen LogP contribution in [-0.4, -0.2) is 53.0 Å². The number of esters is 1. The van der Waals surface area contributed by atoms with Crippen LogP contribution in [0.3, 0.4) is 0 Å². The van der Waals surface area contributed by atoms with Gasteiger partial charge >= 0.3 is 5.97 Å². The molecule has 0 heterocycles. The summed E-state index contributed by atoms with van der Waals surface area (Å²) in [6.07, 6.45) is 0.629. The first-order valence-corrected chi connectivity index (χ1v) is 9.46. The number of hydrogen-bond donors (Lipinski definition) is 1. The molecule has 0 aromatic heterocycles. The number of carbonyl (C=O) groups excluding carboxylic acids is 2. The van der Waals surface area contributed by atoms with E-state index in [9.17, 15) is 9.59 Å². The van der Waals surface area contributed by atoms with Gasteiger partial charge in [0.1, 0.15) is 0 Å². The minimum Gasteiger partial charge on any atom is -0.493 e. The molecule has 2 rings (SSSR count). The maximum atomic E-state index is 11.9. The molecule has 0 aliphatic carbocycles. The molecule has 0 saturated heterocycles. The number of para-hydroxylation sites is 2. The lowest BCUT2D eigenvalue weighted by Crippen LogP contribution is -2.30. The highest BCUT2D eigenvalue weighted by Gasteiger charge is 2.10. The third kappa shape index (κ3) is 7.20. The molecule has 0 bridgehead atoms. The van der Waals surface area contributed by atoms with Crippen LogP contribution in [0.4, 0.5) is 0 Å². The molecule has 8 nitrogen and oxygen atoms in total. The van der Waals surface area contributed by atoms with Gasteiger partial charge in [-0.25, -0.2) is 0 Å². The van der Waals surface area contributed by atoms with Crippen LogP contribution in [0.25, 0.3) is 0 Å². The fourth-order valence-electron chi connectivity index (χ4n) is 2.63. The van der Waals surface area contributed by atoms with Crippen molar-refractivity contribution >= 4 is 11.9 Å². The van der Waals surface area contributed by atoms with Crippen molar-refractivity contribution in [2.75, 3.05) is 41.1 Å². The van der Waals surface area contributed by atoms with Gasteiger partial charge in [-0.2, -0.15) is 0 Å². The molecule has 0 fully saturated rings. The Labute approximate surface area is 176 Å². The minimum absolute atomic E-state index is 0.0248. The predicted molar refractivity (Wildman–Crippen MR) is 110 cm³/mol. The van der Waals surface area contributed by atoms with Gasteiger partial charge in [0.2, 0.25) is 0 Å². The van der Waals surface area contributed by atoms with Crippen LogP contribution in [0.5, 0.6) is 23.0 Å². The Kier molecular flexibility index (Phi) is 9.30. The zero-order valence-electron chi connectivity index (χ0n) is 17.4. The number of hydrogen-bond acceptors (Lipinski definition) is 7. The van der Waals surface area contributed by atoms with E-state index in [0.29, 0.717) is 36.0 Å². The average Bonchev–Trinajstić information content (AvgIpc) is 2.77. The maximum Gasteiger partial charge on any atom is 0.309 e. The molecule has 0 spiro atoms. The number of methoxy groups -OCH3 is 3. The molecule has 30 heavy (non-hydrogen) atoms. The molecule has 0 radical (unpaired) electrons. The summed E-state index contributed by atoms with van der Waals surface area (Å²) in [5, 5.41) is 2.71. The Balaban J connectivity index is 1.64. The van der Waals surface area contributed by atoms with Gasteiger partial charge in [-0.15, -0.1) is 0 Å². The summed E-state index contributed by atoms with van der Waals surface area (Å²) in [4.78, 5) is 23.6. The highest BCUT2D eigenvalue weighted by Crippen LogP contribution is 2.27. The van der Waals surface area contributed by atoms with E-state index in [1.807, 2.05) is 30.3 Å². The Hall–Kier alpha value is -3.42. The van der Waals surface area contributed by atoms with Gasteiger partial charge in [-0.3, -0.25) is 9.59 Å². The van der Waals surface area contributed by atoms with Gasteiger partial charge in [0, 0.05) is 6.54 Å². The summed E-state index contributed by atoms with van der Waals surface area (Å²) in [5.41, 5.74) is 0.985. The van der Waals surface area contributed by atoms with Crippen LogP contribution in [0.15, 0.2) is 42.5 Å². The largest absolute Gasteiger partial charge is 0.493 e. The quantitative estimate of drug-likeness (QED) is 0.530. The topological polar surface area (TPSA) is 92.3 Å². The van der Waals surface area contributed by atoms with Crippen LogP contribution < -0.4 is 24.3 Å². The van der Waals surface area contributed by atoms with E-state index >= 15 is 0 Å². The van der Waals surface area contributed by atoms with Crippen molar-refractivity contribution in [1.82, 2.24) is 5.32 Å². The number of amides is 1. The molecule has 162 valence electrons. The Bertz CT molecular complexity index is 838. The zero-order valence-corrected chi connectivity index (χ0v) is 17.4. The molecular formula is C22H27NO7. The van der Waals surface area contributed by atoms with Gasteiger partial charge in [-0.1, -0.05) is 18.2 Å². The van der Waals surface area contributed by atoms with E-state index in [2.05, 4.69) is 5.32 Å². The van der Waals surface area contributed by atoms with Crippen LogP contribution in [-0.2, 0) is 20.7 Å². The first kappa shape index (κ1) is 22.9. The van der Waals surface area contributed by atoms with E-state index in [0.717, 1.165) is 5.56 Å². The molecule has 0 unspecified atom stereocenters. The summed E-state index contributed by atoms with van der Waals surface area (Å²) in [5.74, 6) is 1.52. The molecule has 8 heteroatoms. The van der Waals surface area contributed by atoms with Crippen molar-refractivity contribution in [2.45, 2.75) is 12.8 Å². The summed E-state index contributed by atoms with van der Waals surface area (Å²) in [7, 11) is 4.68. The van der Waals surface area contributed by atoms with Gasteiger partial charge in [0.25, 0.3) is 5.91 Å². The molecule has 0 atom stereocenters. The summed E-state index contributed by atoms with van der Waals surface area (Å²) in [6, 6.07) is 12.7. The molecule has 0 aliphatic rings. The van der Waals surface area contributed by atoms with E-state index in [4.69, 9.17) is 23.7 Å². The number of benzene rings is 2. The molecule has 2 aromatic rings. The lowest BCUT2D eigenvalue weighted by atomic mass is 10.1. The van der Waals surface area contributed by atoms with Crippen molar-refractivity contribution < 1.29 is 33.3 Å². The number of rotatable bonds is 12. The molecule has 0 saturated carbocycles. The van der Waals surface area contributed by atoms with E-state index < -0.39 is 5.97 Å². The fraction of sp³-hybridized carbons (Fsp3) is 0.364. The van der Waals surface area contributed by atoms with Crippen molar-refractivity contribution in [1.29, 1.82) is 0 Å². The summed E-state index contributed by atoms with van der Waals surface area (Å²) in [6.45, 7) is 0.197. The van der Waals surface area contributed by atoms with Crippen LogP contribution in [0.2, 0.25) is 0 Å². The molecule has 1 amide bonds. The summed E-state index contributed by atoms with van der Waals surface area (Å²) < 4.78 is 26.1. The average molecular weight is 417 g/mol. The fourth-order valence-corrected chi connectivity index (χ4v) is 2.63. The zero-order chi connectivity index (χ0) is 21.8. The monoisotopic (exact) mass is 417 g/mol. The van der Waals surface area contributed by atoms with E-state index in [1.165, 1.54) is 0 Å². The van der Waals surface area contributed by atoms with Gasteiger partial charge in [0.05, 0.1) is 34.4 Å². The second kappa shape index (κ2) is 12.2. The first-order valence-electron chi connectivity index (χ1n) is 9.46. The van der Waals surface area contributed by atoms with Gasteiger partial charge in [0.15, 0.2) is 29.6 Å². The lowest BCUT2D eigenvalue weighted by Gasteiger charge is -2.11. The van der Waals surface area contributed by atoms with Gasteiger partial charge < -0.3 is 29.0 Å². The Morgan fingerprint density at radius 1 is 0.867 bits per heavy atom. The van der Waals surface area contributed by atoms with Crippen molar-refractivity contribution in [2.24, 2.45) is 0 Å². The van der Waals surface area contributed by atoms with Crippen LogP contribution >= 0.6 is 0 Å². The third-order valence-electron chi connectivity index (χ3n) is 4.18. The number of carbonyl (C=O) groups is 2. The second-order valence-electron chi connectivity index (χ2n) is 6.20. The molecular weight excluding hydrogens is 390 g/mol. The third-order valence-corrected chi connectivity index (χ3v) is 4.18. The standard InChI is InChI=1S/C22H27NO7/c1-26-17-6-4-5-7-19(17)29-13-11-22(25)30-15-21(24)23-12-10-16-8-9-18(27-2)20(14-16)28-3/h4-9,14H,10-13,15H2,1-3H3,(H,23,24). The predicted octanol–water partition coefficient (Wildman–Crippen LogP) is 2.38. The molecule has 0 aliphatic heterocycles. The number of nitrogens with one attached hydrogen (secondary N) is 1. The van der Waals surface area contributed by atoms with Crippen molar-refractivity contribution in [3.05, 3.63) is 48.0 Å². The molecule has 1 N–H and O–H groups in total. The van der Waals surface area contributed by atoms with E-state index in [1.54, 1.807) is 33.5 Å².